The van der Waals surface area contributed by atoms with E-state index in [1.807, 2.05) is 6.92 Å². The van der Waals surface area contributed by atoms with Gasteiger partial charge in [-0.2, -0.15) is 0 Å². The van der Waals surface area contributed by atoms with Gasteiger partial charge in [-0.05, 0) is 25.2 Å². The summed E-state index contributed by atoms with van der Waals surface area (Å²) in [6.45, 7) is 4.99. The zero-order valence-corrected chi connectivity index (χ0v) is 14.3. The Kier molecular flexibility index (Phi) is 11.7. The van der Waals surface area contributed by atoms with E-state index in [1.165, 1.54) is 39.0 Å². The highest BCUT2D eigenvalue weighted by Gasteiger charge is 2.18. The van der Waals surface area contributed by atoms with Crippen LogP contribution in [0.1, 0.15) is 65.7 Å². The molecular formula is C16H29NO6. The van der Waals surface area contributed by atoms with Gasteiger partial charge < -0.3 is 19.9 Å². The van der Waals surface area contributed by atoms with Gasteiger partial charge in [0, 0.05) is 26.8 Å². The molecule has 0 bridgehead atoms. The Morgan fingerprint density at radius 1 is 1.13 bits per heavy atom. The maximum Gasteiger partial charge on any atom is 0.410 e. The van der Waals surface area contributed by atoms with Crippen LogP contribution in [-0.2, 0) is 19.1 Å². The van der Waals surface area contributed by atoms with E-state index in [0.29, 0.717) is 18.9 Å². The maximum atomic E-state index is 11.6. The van der Waals surface area contributed by atoms with Crippen LogP contribution in [0.5, 0.6) is 0 Å². The smallest absolute Gasteiger partial charge is 0.410 e. The first-order valence-electron chi connectivity index (χ1n) is 8.16. The topological polar surface area (TPSA) is 102 Å². The van der Waals surface area contributed by atoms with E-state index in [9.17, 15) is 9.59 Å². The molecule has 1 atom stereocenters. The molecule has 1 saturated carbocycles. The first kappa shape index (κ1) is 21.2. The summed E-state index contributed by atoms with van der Waals surface area (Å²) in [5.74, 6) is -0.710. The van der Waals surface area contributed by atoms with Gasteiger partial charge in [-0.25, -0.2) is 4.79 Å². The minimum Gasteiger partial charge on any atom is -0.481 e. The Hall–Kier alpha value is -1.79. The van der Waals surface area contributed by atoms with Crippen molar-refractivity contribution in [2.45, 2.75) is 72.0 Å². The van der Waals surface area contributed by atoms with Crippen molar-refractivity contribution in [2.24, 2.45) is 5.92 Å². The number of rotatable bonds is 6. The van der Waals surface area contributed by atoms with Crippen molar-refractivity contribution < 1.29 is 29.0 Å². The molecule has 0 heterocycles. The summed E-state index contributed by atoms with van der Waals surface area (Å²) in [5, 5.41) is 10.2. The van der Waals surface area contributed by atoms with Crippen molar-refractivity contribution >= 4 is 18.0 Å². The number of esters is 1. The predicted octanol–water partition coefficient (Wildman–Crippen LogP) is 3.07. The highest BCUT2D eigenvalue weighted by molar-refractivity contribution is 5.68. The van der Waals surface area contributed by atoms with E-state index in [0.717, 1.165) is 13.3 Å². The number of aliphatic carboxylic acids is 1. The molecule has 1 aliphatic rings. The first-order valence-corrected chi connectivity index (χ1v) is 8.16. The van der Waals surface area contributed by atoms with Crippen LogP contribution < -0.4 is 5.32 Å². The van der Waals surface area contributed by atoms with Gasteiger partial charge in [0.2, 0.25) is 6.29 Å². The van der Waals surface area contributed by atoms with E-state index < -0.39 is 24.3 Å². The highest BCUT2D eigenvalue weighted by Crippen LogP contribution is 2.22. The fourth-order valence-corrected chi connectivity index (χ4v) is 2.34. The van der Waals surface area contributed by atoms with Gasteiger partial charge in [-0.1, -0.05) is 26.2 Å². The van der Waals surface area contributed by atoms with Crippen LogP contribution in [-0.4, -0.2) is 36.0 Å². The monoisotopic (exact) mass is 331 g/mol. The molecule has 1 unspecified atom stereocenters. The van der Waals surface area contributed by atoms with E-state index >= 15 is 0 Å². The summed E-state index contributed by atoms with van der Waals surface area (Å²) in [4.78, 5) is 31.5. The number of alkyl carbamates (subject to hydrolysis) is 1. The molecule has 1 fully saturated rings. The Balaban J connectivity index is 0.00000108. The first-order chi connectivity index (χ1) is 10.8. The summed E-state index contributed by atoms with van der Waals surface area (Å²) in [5.41, 5.74) is 0. The number of carboxylic acid groups (broad SMARTS) is 1. The standard InChI is InChI=1S/C14H25NO4.C2H4O2/c1-3-7-13(18-11(2)16)19-14(17)15-10-12-8-5-4-6-9-12;1-2(3)4/h12-13H,3-10H2,1-2H3,(H,15,17);1H3,(H,3,4). The average molecular weight is 331 g/mol. The van der Waals surface area contributed by atoms with Crippen LogP contribution >= 0.6 is 0 Å². The number of nitrogens with one attached hydrogen (secondary N) is 1. The number of carbonyl (C=O) groups is 3. The molecule has 7 nitrogen and oxygen atoms in total. The Morgan fingerprint density at radius 3 is 2.17 bits per heavy atom. The van der Waals surface area contributed by atoms with E-state index in [4.69, 9.17) is 19.4 Å². The molecule has 23 heavy (non-hydrogen) atoms. The van der Waals surface area contributed by atoms with Crippen LogP contribution in [0.3, 0.4) is 0 Å². The number of carbonyl (C=O) groups excluding carboxylic acids is 2. The summed E-state index contributed by atoms with van der Waals surface area (Å²) >= 11 is 0. The van der Waals surface area contributed by atoms with Crippen molar-refractivity contribution in [1.29, 1.82) is 0 Å². The Bertz CT molecular complexity index is 362. The molecule has 0 aromatic heterocycles. The normalized spacial score (nSPS) is 15.6. The molecule has 2 N–H and O–H groups in total. The van der Waals surface area contributed by atoms with Gasteiger partial charge >= 0.3 is 12.1 Å². The molecule has 7 heteroatoms. The van der Waals surface area contributed by atoms with E-state index in [1.54, 1.807) is 0 Å². The molecule has 0 saturated heterocycles. The second-order valence-electron chi connectivity index (χ2n) is 5.64. The molecule has 0 aliphatic heterocycles. The van der Waals surface area contributed by atoms with Gasteiger partial charge in [-0.15, -0.1) is 0 Å². The van der Waals surface area contributed by atoms with E-state index in [-0.39, 0.29) is 0 Å². The largest absolute Gasteiger partial charge is 0.481 e. The molecule has 0 spiro atoms. The second-order valence-corrected chi connectivity index (χ2v) is 5.64. The second kappa shape index (κ2) is 12.7. The van der Waals surface area contributed by atoms with Gasteiger partial charge in [0.25, 0.3) is 5.97 Å². The van der Waals surface area contributed by atoms with Crippen molar-refractivity contribution in [3.63, 3.8) is 0 Å². The van der Waals surface area contributed by atoms with Crippen molar-refractivity contribution in [3.05, 3.63) is 0 Å². The lowest BCUT2D eigenvalue weighted by atomic mass is 9.89. The molecule has 0 aromatic rings. The average Bonchev–Trinajstić information content (AvgIpc) is 2.45. The summed E-state index contributed by atoms with van der Waals surface area (Å²) in [7, 11) is 0. The van der Waals surface area contributed by atoms with Gasteiger partial charge in [0.05, 0.1) is 0 Å². The third-order valence-electron chi connectivity index (χ3n) is 3.32. The molecule has 1 amide bonds. The fraction of sp³-hybridized carbons (Fsp3) is 0.812. The van der Waals surface area contributed by atoms with Crippen molar-refractivity contribution in [1.82, 2.24) is 5.32 Å². The summed E-state index contributed by atoms with van der Waals surface area (Å²) < 4.78 is 10.0. The minimum atomic E-state index is -0.833. The van der Waals surface area contributed by atoms with Crippen LogP contribution in [0, 0.1) is 5.92 Å². The summed E-state index contributed by atoms with van der Waals surface area (Å²) in [6, 6.07) is 0. The summed E-state index contributed by atoms with van der Waals surface area (Å²) in [6.07, 6.45) is 6.17. The lowest BCUT2D eigenvalue weighted by Crippen LogP contribution is -2.34. The minimum absolute atomic E-state index is 0.432. The van der Waals surface area contributed by atoms with Crippen LogP contribution in [0.2, 0.25) is 0 Å². The zero-order chi connectivity index (χ0) is 17.7. The third kappa shape index (κ3) is 13.6. The van der Waals surface area contributed by atoms with Gasteiger partial charge in [0.1, 0.15) is 0 Å². The van der Waals surface area contributed by atoms with Crippen molar-refractivity contribution in [3.8, 4) is 0 Å². The molecule has 1 rings (SSSR count). The molecule has 134 valence electrons. The Morgan fingerprint density at radius 2 is 1.70 bits per heavy atom. The molecule has 1 aliphatic carbocycles. The lowest BCUT2D eigenvalue weighted by molar-refractivity contribution is -0.166. The predicted molar refractivity (Wildman–Crippen MR) is 84.8 cm³/mol. The number of hydrogen-bond donors (Lipinski definition) is 2. The van der Waals surface area contributed by atoms with Crippen LogP contribution in [0.4, 0.5) is 4.79 Å². The zero-order valence-electron chi connectivity index (χ0n) is 14.3. The van der Waals surface area contributed by atoms with E-state index in [2.05, 4.69) is 5.32 Å². The van der Waals surface area contributed by atoms with Gasteiger partial charge in [-0.3, -0.25) is 9.59 Å². The van der Waals surface area contributed by atoms with Crippen LogP contribution in [0.25, 0.3) is 0 Å². The van der Waals surface area contributed by atoms with Crippen molar-refractivity contribution in [2.75, 3.05) is 6.54 Å². The molecule has 0 aromatic carbocycles. The quantitative estimate of drug-likeness (QED) is 0.573. The third-order valence-corrected chi connectivity index (χ3v) is 3.32. The lowest BCUT2D eigenvalue weighted by Gasteiger charge is -2.22. The SMILES string of the molecule is CC(=O)O.CCCC(OC(C)=O)OC(=O)NCC1CCCCC1. The number of amides is 1. The molecular weight excluding hydrogens is 302 g/mol. The number of carboxylic acids is 1. The maximum absolute atomic E-state index is 11.6. The number of hydrogen-bond acceptors (Lipinski definition) is 5. The van der Waals surface area contributed by atoms with Gasteiger partial charge in [0.15, 0.2) is 0 Å². The highest BCUT2D eigenvalue weighted by atomic mass is 16.7. The van der Waals surface area contributed by atoms with Crippen LogP contribution in [0.15, 0.2) is 0 Å². The fourth-order valence-electron chi connectivity index (χ4n) is 2.34. The number of ether oxygens (including phenoxy) is 2. The molecule has 0 radical (unpaired) electrons. The Labute approximate surface area is 137 Å².